The zero-order chi connectivity index (χ0) is 24.0. The Morgan fingerprint density at radius 2 is 1.58 bits per heavy atom. The van der Waals surface area contributed by atoms with E-state index in [0.29, 0.717) is 45.8 Å². The van der Waals surface area contributed by atoms with Gasteiger partial charge in [0.05, 0.1) is 18.8 Å². The molecule has 0 radical (unpaired) electrons. The molecule has 3 heteroatoms. The first-order valence-corrected chi connectivity index (χ1v) is 14.0. The molecular formula is C30H50O3. The number of fused-ring (bicyclic) bond motifs is 2. The molecule has 5 fully saturated rings. The fraction of sp³-hybridized carbons (Fsp3) is 0.933. The van der Waals surface area contributed by atoms with Crippen LogP contribution in [0.5, 0.6) is 0 Å². The van der Waals surface area contributed by atoms with Gasteiger partial charge in [-0.05, 0) is 122 Å². The Morgan fingerprint density at radius 1 is 0.909 bits per heavy atom. The molecule has 0 aromatic rings. The first-order chi connectivity index (χ1) is 15.4. The third-order valence-corrected chi connectivity index (χ3v) is 13.4. The maximum absolute atomic E-state index is 11.1. The molecular weight excluding hydrogens is 408 g/mol. The molecule has 3 nitrogen and oxygen atoms in total. The lowest BCUT2D eigenvalue weighted by molar-refractivity contribution is -0.163. The van der Waals surface area contributed by atoms with Gasteiger partial charge in [0.2, 0.25) is 0 Å². The second-order valence-electron chi connectivity index (χ2n) is 14.4. The zero-order valence-electron chi connectivity index (χ0n) is 22.2. The van der Waals surface area contributed by atoms with E-state index >= 15 is 0 Å². The molecule has 0 saturated heterocycles. The third-order valence-electron chi connectivity index (χ3n) is 13.4. The number of aliphatic hydroxyl groups is 3. The minimum Gasteiger partial charge on any atom is -0.393 e. The average molecular weight is 459 g/mol. The maximum Gasteiger partial charge on any atom is 0.0639 e. The topological polar surface area (TPSA) is 60.7 Å². The van der Waals surface area contributed by atoms with Crippen LogP contribution in [0.2, 0.25) is 0 Å². The van der Waals surface area contributed by atoms with E-state index < -0.39 is 0 Å². The molecule has 10 atom stereocenters. The van der Waals surface area contributed by atoms with Crippen LogP contribution in [0.4, 0.5) is 0 Å². The molecule has 0 aromatic heterocycles. The van der Waals surface area contributed by atoms with Gasteiger partial charge in [-0.2, -0.15) is 0 Å². The molecule has 5 aliphatic rings. The van der Waals surface area contributed by atoms with Gasteiger partial charge in [0, 0.05) is 0 Å². The molecule has 33 heavy (non-hydrogen) atoms. The van der Waals surface area contributed by atoms with E-state index in [1.165, 1.54) is 51.4 Å². The molecule has 5 aliphatic carbocycles. The Bertz CT molecular complexity index is 817. The summed E-state index contributed by atoms with van der Waals surface area (Å²) in [4.78, 5) is 0. The van der Waals surface area contributed by atoms with E-state index in [0.717, 1.165) is 17.9 Å². The van der Waals surface area contributed by atoms with Crippen LogP contribution in [0.3, 0.4) is 0 Å². The minimum absolute atomic E-state index is 0.0609. The monoisotopic (exact) mass is 458 g/mol. The fourth-order valence-electron chi connectivity index (χ4n) is 11.1. The van der Waals surface area contributed by atoms with E-state index in [9.17, 15) is 15.3 Å². The standard InChI is InChI=1S/C30H50O3/c1-19(17-31)7-8-22(32)20(2)21-11-13-28(6)24-10-9-23-26(3,4)25(33)12-14-29(23)18-30(24,29)16-15-27(21,28)5/h7,20-25,31-33H,8-18H2,1-6H3/b19-7-/t20-,21+,22-,23-,24-,25-,27+,28-,29+,30-/m0/s1. The number of hydrogen-bond donors (Lipinski definition) is 3. The smallest absolute Gasteiger partial charge is 0.0639 e. The second kappa shape index (κ2) is 7.56. The molecule has 5 saturated carbocycles. The van der Waals surface area contributed by atoms with Crippen LogP contribution in [-0.4, -0.2) is 34.1 Å². The van der Waals surface area contributed by atoms with Gasteiger partial charge < -0.3 is 15.3 Å². The van der Waals surface area contributed by atoms with Crippen molar-refractivity contribution in [3.63, 3.8) is 0 Å². The Labute approximate surface area is 202 Å². The van der Waals surface area contributed by atoms with E-state index in [2.05, 4.69) is 34.6 Å². The highest BCUT2D eigenvalue weighted by Gasteiger charge is 2.82. The van der Waals surface area contributed by atoms with Crippen LogP contribution in [0.1, 0.15) is 106 Å². The van der Waals surface area contributed by atoms with Gasteiger partial charge in [0.1, 0.15) is 0 Å². The van der Waals surface area contributed by atoms with E-state index in [4.69, 9.17) is 0 Å². The highest BCUT2D eigenvalue weighted by atomic mass is 16.3. The van der Waals surface area contributed by atoms with Crippen molar-refractivity contribution >= 4 is 0 Å². The van der Waals surface area contributed by atoms with Crippen LogP contribution >= 0.6 is 0 Å². The SMILES string of the molecule is C/C(=C/C[C@H](O)[C@@H](C)[C@H]1CC[C@@]2(C)[C@@H]3CC[C@H]4C(C)(C)[C@@H](O)CC[C@@]45C[C@@]35CC[C@]12C)CO. The van der Waals surface area contributed by atoms with Crippen molar-refractivity contribution in [2.24, 2.45) is 50.7 Å². The summed E-state index contributed by atoms with van der Waals surface area (Å²) in [5.74, 6) is 2.38. The molecule has 5 rings (SSSR count). The van der Waals surface area contributed by atoms with Crippen molar-refractivity contribution in [1.82, 2.24) is 0 Å². The van der Waals surface area contributed by atoms with Crippen molar-refractivity contribution in [2.45, 2.75) is 118 Å². The Hall–Kier alpha value is -0.380. The Morgan fingerprint density at radius 3 is 2.27 bits per heavy atom. The summed E-state index contributed by atoms with van der Waals surface area (Å²) < 4.78 is 0. The van der Waals surface area contributed by atoms with Gasteiger partial charge in [0.15, 0.2) is 0 Å². The summed E-state index contributed by atoms with van der Waals surface area (Å²) in [7, 11) is 0. The lowest BCUT2D eigenvalue weighted by atomic mass is 9.41. The van der Waals surface area contributed by atoms with Gasteiger partial charge in [-0.1, -0.05) is 46.3 Å². The van der Waals surface area contributed by atoms with Gasteiger partial charge in [0.25, 0.3) is 0 Å². The Kier molecular flexibility index (Phi) is 5.57. The predicted molar refractivity (Wildman–Crippen MR) is 134 cm³/mol. The molecule has 0 aliphatic heterocycles. The molecule has 0 amide bonds. The highest BCUT2D eigenvalue weighted by Crippen LogP contribution is 2.89. The predicted octanol–water partition coefficient (Wildman–Crippen LogP) is 6.11. The molecule has 188 valence electrons. The summed E-state index contributed by atoms with van der Waals surface area (Å²) in [5, 5.41) is 31.3. The molecule has 2 spiro atoms. The van der Waals surface area contributed by atoms with Crippen molar-refractivity contribution in [3.8, 4) is 0 Å². The van der Waals surface area contributed by atoms with E-state index in [1.807, 2.05) is 13.0 Å². The quantitative estimate of drug-likeness (QED) is 0.435. The summed E-state index contributed by atoms with van der Waals surface area (Å²) in [6, 6.07) is 0. The van der Waals surface area contributed by atoms with Crippen LogP contribution in [0, 0.1) is 50.7 Å². The van der Waals surface area contributed by atoms with Gasteiger partial charge in [-0.15, -0.1) is 0 Å². The first kappa shape index (κ1) is 24.3. The van der Waals surface area contributed by atoms with Gasteiger partial charge in [-0.25, -0.2) is 0 Å². The van der Waals surface area contributed by atoms with Gasteiger partial charge >= 0.3 is 0 Å². The highest BCUT2D eigenvalue weighted by molar-refractivity contribution is 5.30. The van der Waals surface area contributed by atoms with E-state index in [1.54, 1.807) is 0 Å². The largest absolute Gasteiger partial charge is 0.393 e. The lowest BCUT2D eigenvalue weighted by Gasteiger charge is -2.63. The summed E-state index contributed by atoms with van der Waals surface area (Å²) >= 11 is 0. The van der Waals surface area contributed by atoms with Crippen LogP contribution in [0.15, 0.2) is 11.6 Å². The lowest BCUT2D eigenvalue weighted by Crippen LogP contribution is -2.57. The van der Waals surface area contributed by atoms with Gasteiger partial charge in [-0.3, -0.25) is 0 Å². The normalized spacial score (nSPS) is 52.2. The third kappa shape index (κ3) is 2.97. The maximum atomic E-state index is 11.1. The average Bonchev–Trinajstić information content (AvgIpc) is 3.37. The number of rotatable bonds is 5. The first-order valence-electron chi connectivity index (χ1n) is 14.0. The van der Waals surface area contributed by atoms with Crippen molar-refractivity contribution in [2.75, 3.05) is 6.61 Å². The van der Waals surface area contributed by atoms with E-state index in [-0.39, 0.29) is 24.2 Å². The van der Waals surface area contributed by atoms with Crippen LogP contribution < -0.4 is 0 Å². The zero-order valence-corrected chi connectivity index (χ0v) is 22.2. The Balaban J connectivity index is 1.40. The van der Waals surface area contributed by atoms with Crippen molar-refractivity contribution in [3.05, 3.63) is 11.6 Å². The molecule has 0 unspecified atom stereocenters. The van der Waals surface area contributed by atoms with Crippen LogP contribution in [-0.2, 0) is 0 Å². The minimum atomic E-state index is -0.324. The number of hydrogen-bond acceptors (Lipinski definition) is 3. The molecule has 3 N–H and O–H groups in total. The molecule has 0 aromatic carbocycles. The number of aliphatic hydroxyl groups excluding tert-OH is 3. The second-order valence-corrected chi connectivity index (χ2v) is 14.4. The van der Waals surface area contributed by atoms with Crippen LogP contribution in [0.25, 0.3) is 0 Å². The summed E-state index contributed by atoms with van der Waals surface area (Å²) in [6.45, 7) is 14.3. The molecule has 0 heterocycles. The van der Waals surface area contributed by atoms with Crippen molar-refractivity contribution < 1.29 is 15.3 Å². The summed E-state index contributed by atoms with van der Waals surface area (Å²) in [5.41, 5.74) is 2.72. The van der Waals surface area contributed by atoms with Crippen molar-refractivity contribution in [1.29, 1.82) is 0 Å². The summed E-state index contributed by atoms with van der Waals surface area (Å²) in [6.07, 6.45) is 13.8. The fourth-order valence-corrected chi connectivity index (χ4v) is 11.1. The molecule has 0 bridgehead atoms.